The number of rotatable bonds is 5. The number of ether oxygens (including phenoxy) is 1. The monoisotopic (exact) mass is 513 g/mol. The maximum absolute atomic E-state index is 13.3. The van der Waals surface area contributed by atoms with Gasteiger partial charge in [0.15, 0.2) is 0 Å². The Kier molecular flexibility index (Phi) is 7.31. The van der Waals surface area contributed by atoms with E-state index in [0.717, 1.165) is 0 Å². The van der Waals surface area contributed by atoms with Crippen LogP contribution < -0.4 is 10.1 Å². The Morgan fingerprint density at radius 2 is 1.91 bits per heavy atom. The maximum Gasteiger partial charge on any atom is 0.308 e. The molecule has 0 radical (unpaired) electrons. The van der Waals surface area contributed by atoms with E-state index in [1.807, 2.05) is 6.07 Å². The lowest BCUT2D eigenvalue weighted by atomic mass is 10.2. The van der Waals surface area contributed by atoms with Crippen molar-refractivity contribution in [2.75, 3.05) is 31.5 Å². The number of piperazine rings is 1. The van der Waals surface area contributed by atoms with Crippen LogP contribution in [0, 0.1) is 11.5 Å². The number of hydrogen-bond acceptors (Lipinski definition) is 7. The minimum atomic E-state index is -3.92. The number of imidazole rings is 1. The van der Waals surface area contributed by atoms with Gasteiger partial charge in [-0.1, -0.05) is 29.8 Å². The van der Waals surface area contributed by atoms with E-state index in [1.54, 1.807) is 35.4 Å². The summed E-state index contributed by atoms with van der Waals surface area (Å²) in [5.41, 5.74) is 0.00229. The van der Waals surface area contributed by atoms with Crippen molar-refractivity contribution in [3.63, 3.8) is 0 Å². The van der Waals surface area contributed by atoms with Crippen LogP contribution in [0.1, 0.15) is 10.4 Å². The quantitative estimate of drug-likeness (QED) is 0.303. The average molecular weight is 514 g/mol. The number of sulfonamides is 1. The second-order valence-corrected chi connectivity index (χ2v) is 9.68. The number of H-pyrrole nitrogens is 1. The number of benzene rings is 2. The van der Waals surface area contributed by atoms with Crippen molar-refractivity contribution < 1.29 is 17.9 Å². The van der Waals surface area contributed by atoms with Crippen LogP contribution >= 0.6 is 11.6 Å². The Morgan fingerprint density at radius 3 is 2.57 bits per heavy atom. The number of hydrogen-bond donors (Lipinski definition) is 2. The molecule has 13 heteroatoms. The highest BCUT2D eigenvalue weighted by Crippen LogP contribution is 2.25. The predicted molar refractivity (Wildman–Crippen MR) is 128 cm³/mol. The lowest BCUT2D eigenvalue weighted by Crippen LogP contribution is -2.51. The molecule has 1 saturated heterocycles. The number of halogens is 1. The Hall–Kier alpha value is -3.92. The van der Waals surface area contributed by atoms with E-state index in [1.165, 1.54) is 34.9 Å². The van der Waals surface area contributed by atoms with Gasteiger partial charge in [0.1, 0.15) is 5.75 Å². The van der Waals surface area contributed by atoms with Crippen molar-refractivity contribution in [1.29, 1.82) is 5.26 Å². The third-order valence-electron chi connectivity index (χ3n) is 5.16. The zero-order chi connectivity index (χ0) is 24.8. The second kappa shape index (κ2) is 10.6. The summed E-state index contributed by atoms with van der Waals surface area (Å²) >= 11 is 6.16. The van der Waals surface area contributed by atoms with Crippen LogP contribution in [0.3, 0.4) is 0 Å². The number of aliphatic imine (C=N–C) groups is 1. The summed E-state index contributed by atoms with van der Waals surface area (Å²) in [7, 11) is -3.92. The van der Waals surface area contributed by atoms with E-state index >= 15 is 0 Å². The molecule has 0 atom stereocenters. The van der Waals surface area contributed by atoms with Gasteiger partial charge in [-0.15, -0.1) is 4.99 Å². The molecular formula is C22H20ClN7O4S. The molecule has 1 fully saturated rings. The van der Waals surface area contributed by atoms with Crippen LogP contribution in [0.25, 0.3) is 0 Å². The second-order valence-electron chi connectivity index (χ2n) is 7.33. The minimum absolute atomic E-state index is 0.00229. The number of nitriles is 1. The van der Waals surface area contributed by atoms with Crippen LogP contribution in [0.15, 0.2) is 70.8 Å². The van der Waals surface area contributed by atoms with E-state index in [0.29, 0.717) is 5.75 Å². The molecule has 1 amide bonds. The minimum Gasteiger partial charge on any atom is -0.425 e. The van der Waals surface area contributed by atoms with Crippen LogP contribution in [-0.4, -0.2) is 65.7 Å². The standard InChI is InChI=1S/C22H20ClN7O4S/c23-19-7-6-17(14-18(19)20(31)28-21-25-8-9-26-21)35(32,33)30-12-10-29(11-13-30)22(27-15-24)34-16-4-2-1-3-5-16/h1-9,14H,10-13H2,(H2,25,26,28,31). The number of aromatic amines is 1. The highest BCUT2D eigenvalue weighted by molar-refractivity contribution is 7.89. The topological polar surface area (TPSA) is 144 Å². The molecule has 180 valence electrons. The number of nitrogens with zero attached hydrogens (tertiary/aromatic N) is 5. The first kappa shape index (κ1) is 24.2. The van der Waals surface area contributed by atoms with Crippen LogP contribution in [0.2, 0.25) is 5.02 Å². The van der Waals surface area contributed by atoms with Gasteiger partial charge in [-0.2, -0.15) is 9.57 Å². The fraction of sp³-hybridized carbons (Fsp3) is 0.182. The fourth-order valence-corrected chi connectivity index (χ4v) is 5.06. The first-order chi connectivity index (χ1) is 16.9. The lowest BCUT2D eigenvalue weighted by molar-refractivity contribution is 0.102. The summed E-state index contributed by atoms with van der Waals surface area (Å²) in [6.45, 7) is 0.765. The molecular weight excluding hydrogens is 494 g/mol. The molecule has 0 unspecified atom stereocenters. The van der Waals surface area contributed by atoms with Gasteiger partial charge in [-0.3, -0.25) is 10.1 Å². The van der Waals surface area contributed by atoms with E-state index in [2.05, 4.69) is 20.3 Å². The third kappa shape index (κ3) is 5.60. The Bertz CT molecular complexity index is 1360. The highest BCUT2D eigenvalue weighted by Gasteiger charge is 2.31. The number of anilines is 1. The smallest absolute Gasteiger partial charge is 0.308 e. The molecule has 3 aromatic rings. The number of carbonyl (C=O) groups is 1. The number of nitrogens with one attached hydrogen (secondary N) is 2. The number of para-hydroxylation sites is 1. The largest absolute Gasteiger partial charge is 0.425 e. The van der Waals surface area contributed by atoms with Gasteiger partial charge in [0.05, 0.1) is 15.5 Å². The summed E-state index contributed by atoms with van der Waals surface area (Å²) in [5.74, 6) is 0.128. The zero-order valence-corrected chi connectivity index (χ0v) is 19.8. The average Bonchev–Trinajstić information content (AvgIpc) is 3.37. The molecule has 4 rings (SSSR count). The third-order valence-corrected chi connectivity index (χ3v) is 7.38. The highest BCUT2D eigenvalue weighted by atomic mass is 35.5. The van der Waals surface area contributed by atoms with E-state index in [9.17, 15) is 13.2 Å². The van der Waals surface area contributed by atoms with E-state index < -0.39 is 15.9 Å². The van der Waals surface area contributed by atoms with Crippen molar-refractivity contribution in [2.45, 2.75) is 4.90 Å². The van der Waals surface area contributed by atoms with Crippen LogP contribution in [-0.2, 0) is 10.0 Å². The predicted octanol–water partition coefficient (Wildman–Crippen LogP) is 2.54. The van der Waals surface area contributed by atoms with Gasteiger partial charge >= 0.3 is 6.02 Å². The van der Waals surface area contributed by atoms with Crippen LogP contribution in [0.5, 0.6) is 5.75 Å². The Labute approximate surface area is 206 Å². The summed E-state index contributed by atoms with van der Waals surface area (Å²) in [4.78, 5) is 24.6. The fourth-order valence-electron chi connectivity index (χ4n) is 3.41. The summed E-state index contributed by atoms with van der Waals surface area (Å²) in [6, 6.07) is 12.9. The number of amides is 1. The normalized spacial score (nSPS) is 14.9. The number of amidine groups is 1. The molecule has 0 saturated carbocycles. The summed E-state index contributed by atoms with van der Waals surface area (Å²) in [5, 5.41) is 11.7. The Morgan fingerprint density at radius 1 is 1.17 bits per heavy atom. The molecule has 2 aromatic carbocycles. The molecule has 0 aliphatic carbocycles. The molecule has 2 N–H and O–H groups in total. The maximum atomic E-state index is 13.3. The van der Waals surface area contributed by atoms with Gasteiger partial charge in [0, 0.05) is 38.6 Å². The molecule has 35 heavy (non-hydrogen) atoms. The zero-order valence-electron chi connectivity index (χ0n) is 18.3. The molecule has 11 nitrogen and oxygen atoms in total. The van der Waals surface area contributed by atoms with Crippen molar-refractivity contribution in [2.24, 2.45) is 4.99 Å². The van der Waals surface area contributed by atoms with Crippen molar-refractivity contribution in [3.8, 4) is 11.9 Å². The molecule has 2 heterocycles. The molecule has 1 aromatic heterocycles. The van der Waals surface area contributed by atoms with Gasteiger partial charge in [-0.25, -0.2) is 13.4 Å². The van der Waals surface area contributed by atoms with Crippen molar-refractivity contribution >= 4 is 39.5 Å². The van der Waals surface area contributed by atoms with Crippen molar-refractivity contribution in [3.05, 3.63) is 71.5 Å². The summed E-state index contributed by atoms with van der Waals surface area (Å²) < 4.78 is 33.6. The molecule has 1 aliphatic rings. The van der Waals surface area contributed by atoms with Gasteiger partial charge in [0.2, 0.25) is 22.2 Å². The van der Waals surface area contributed by atoms with Crippen molar-refractivity contribution in [1.82, 2.24) is 19.2 Å². The summed E-state index contributed by atoms with van der Waals surface area (Å²) in [6.07, 6.45) is 4.73. The lowest BCUT2D eigenvalue weighted by Gasteiger charge is -2.34. The van der Waals surface area contributed by atoms with Gasteiger partial charge in [0.25, 0.3) is 5.91 Å². The van der Waals surface area contributed by atoms with E-state index in [4.69, 9.17) is 21.6 Å². The Balaban J connectivity index is 1.47. The molecule has 0 bridgehead atoms. The number of aromatic nitrogens is 2. The van der Waals surface area contributed by atoms with Gasteiger partial charge < -0.3 is 14.6 Å². The van der Waals surface area contributed by atoms with Gasteiger partial charge in [-0.05, 0) is 30.3 Å². The molecule has 0 spiro atoms. The first-order valence-electron chi connectivity index (χ1n) is 10.4. The first-order valence-corrected chi connectivity index (χ1v) is 12.3. The van der Waals surface area contributed by atoms with E-state index in [-0.39, 0.29) is 53.6 Å². The molecule has 1 aliphatic heterocycles. The number of carbonyl (C=O) groups excluding carboxylic acids is 1. The van der Waals surface area contributed by atoms with Crippen LogP contribution in [0.4, 0.5) is 5.95 Å². The SMILES string of the molecule is N#CN=C(Oc1ccccc1)N1CCN(S(=O)(=O)c2ccc(Cl)c(C(=O)Nc3ncc[nH]3)c2)CC1.